The van der Waals surface area contributed by atoms with Crippen molar-refractivity contribution in [3.05, 3.63) is 188 Å². The van der Waals surface area contributed by atoms with E-state index in [1.807, 2.05) is 0 Å². The summed E-state index contributed by atoms with van der Waals surface area (Å²) in [6.45, 7) is 0.0443. The maximum Gasteiger partial charge on any atom is 0.253 e. The number of nitrogens with zero attached hydrogens (tertiary/aromatic N) is 2. The predicted molar refractivity (Wildman–Crippen MR) is 224 cm³/mol. The zero-order valence-electron chi connectivity index (χ0n) is 28.9. The van der Waals surface area contributed by atoms with Crippen molar-refractivity contribution in [3.8, 4) is 56.1 Å². The van der Waals surface area contributed by atoms with Crippen LogP contribution in [0.1, 0.15) is 0 Å². The van der Waals surface area contributed by atoms with E-state index in [2.05, 4.69) is 197 Å². The first kappa shape index (κ1) is 28.8. The van der Waals surface area contributed by atoms with Crippen molar-refractivity contribution in [1.29, 1.82) is 0 Å². The fourth-order valence-corrected chi connectivity index (χ4v) is 9.72. The standard InChI is InChI=1S/C50H31BN2/c1-5-17-32(18-6-1)43-38-29-30-42-46-49(38)52(47(43)34-21-9-3-10-22-34)41-28-16-15-27-40(41)51(46)45-37-26-14-13-25-36(37)31-39-44(33-19-7-2-8-20-33)48(53(42)50(39)45)35-23-11-4-12-24-35/h1-31H. The van der Waals surface area contributed by atoms with Crippen molar-refractivity contribution in [2.45, 2.75) is 0 Å². The summed E-state index contributed by atoms with van der Waals surface area (Å²) >= 11 is 0. The SMILES string of the molecule is c1ccc(-c2c(-c3ccccc3)n3c4c5c(ccc24)-n2c(-c4ccccc4)c(-c4ccccc4)c4cc6ccccc6c(c42)B5c2ccccc2-3)cc1. The highest BCUT2D eigenvalue weighted by molar-refractivity contribution is 7.01. The molecule has 244 valence electrons. The molecule has 2 aromatic heterocycles. The van der Waals surface area contributed by atoms with Crippen LogP contribution >= 0.6 is 0 Å². The Hall–Kier alpha value is -6.84. The van der Waals surface area contributed by atoms with Gasteiger partial charge in [-0.1, -0.05) is 170 Å². The molecule has 0 unspecified atom stereocenters. The van der Waals surface area contributed by atoms with Crippen molar-refractivity contribution in [2.24, 2.45) is 0 Å². The zero-order chi connectivity index (χ0) is 34.6. The molecule has 0 spiro atoms. The van der Waals surface area contributed by atoms with Crippen molar-refractivity contribution >= 4 is 55.7 Å². The first-order valence-electron chi connectivity index (χ1n) is 18.5. The Morgan fingerprint density at radius 3 is 1.47 bits per heavy atom. The molecular formula is C50H31BN2. The summed E-state index contributed by atoms with van der Waals surface area (Å²) in [5.74, 6) is 0. The Morgan fingerprint density at radius 2 is 0.830 bits per heavy atom. The van der Waals surface area contributed by atoms with Crippen LogP contribution in [0.15, 0.2) is 188 Å². The lowest BCUT2D eigenvalue weighted by molar-refractivity contribution is 1.12. The topological polar surface area (TPSA) is 9.86 Å². The molecule has 8 aromatic carbocycles. The van der Waals surface area contributed by atoms with Gasteiger partial charge in [0.2, 0.25) is 0 Å². The fraction of sp³-hybridized carbons (Fsp3) is 0. The molecule has 3 heteroatoms. The van der Waals surface area contributed by atoms with E-state index in [1.165, 1.54) is 105 Å². The second-order valence-electron chi connectivity index (χ2n) is 14.4. The molecular weight excluding hydrogens is 639 g/mol. The van der Waals surface area contributed by atoms with Crippen molar-refractivity contribution < 1.29 is 0 Å². The van der Waals surface area contributed by atoms with Gasteiger partial charge in [-0.3, -0.25) is 0 Å². The molecule has 0 radical (unpaired) electrons. The van der Waals surface area contributed by atoms with Crippen molar-refractivity contribution in [1.82, 2.24) is 9.13 Å². The van der Waals surface area contributed by atoms with Gasteiger partial charge in [-0.15, -0.1) is 0 Å². The summed E-state index contributed by atoms with van der Waals surface area (Å²) in [5, 5.41) is 5.16. The van der Waals surface area contributed by atoms with Gasteiger partial charge >= 0.3 is 0 Å². The summed E-state index contributed by atoms with van der Waals surface area (Å²) in [6, 6.07) is 69.5. The lowest BCUT2D eigenvalue weighted by Crippen LogP contribution is -2.59. The molecule has 0 bridgehead atoms. The number of benzene rings is 8. The molecule has 2 aliphatic rings. The van der Waals surface area contributed by atoms with Gasteiger partial charge in [-0.2, -0.15) is 0 Å². The van der Waals surface area contributed by atoms with Crippen LogP contribution in [0, 0.1) is 0 Å². The Kier molecular flexibility index (Phi) is 5.89. The summed E-state index contributed by atoms with van der Waals surface area (Å²) in [7, 11) is 0. The van der Waals surface area contributed by atoms with Gasteiger partial charge in [0, 0.05) is 33.3 Å². The number of para-hydroxylation sites is 1. The number of fused-ring (bicyclic) bond motifs is 7. The van der Waals surface area contributed by atoms with Crippen LogP contribution in [0.4, 0.5) is 0 Å². The van der Waals surface area contributed by atoms with Gasteiger partial charge in [0.25, 0.3) is 6.71 Å². The molecule has 0 atom stereocenters. The minimum absolute atomic E-state index is 0.0443. The molecule has 0 saturated heterocycles. The van der Waals surface area contributed by atoms with Crippen molar-refractivity contribution in [3.63, 3.8) is 0 Å². The van der Waals surface area contributed by atoms with E-state index in [0.717, 1.165) is 0 Å². The van der Waals surface area contributed by atoms with Crippen LogP contribution in [0.3, 0.4) is 0 Å². The van der Waals surface area contributed by atoms with Crippen LogP contribution in [0.25, 0.3) is 88.7 Å². The Balaban J connectivity index is 1.35. The summed E-state index contributed by atoms with van der Waals surface area (Å²) in [4.78, 5) is 0. The minimum Gasteiger partial charge on any atom is -0.310 e. The normalized spacial score (nSPS) is 12.5. The molecule has 12 rings (SSSR count). The number of hydrogen-bond acceptors (Lipinski definition) is 0. The maximum absolute atomic E-state index is 2.62. The average Bonchev–Trinajstić information content (AvgIpc) is 3.77. The Labute approximate surface area is 307 Å². The molecule has 0 N–H and O–H groups in total. The molecule has 0 aliphatic carbocycles. The highest BCUT2D eigenvalue weighted by Gasteiger charge is 2.43. The first-order chi connectivity index (χ1) is 26.4. The van der Waals surface area contributed by atoms with Gasteiger partial charge in [0.05, 0.1) is 22.4 Å². The van der Waals surface area contributed by atoms with E-state index in [-0.39, 0.29) is 6.71 Å². The van der Waals surface area contributed by atoms with Gasteiger partial charge in [0.15, 0.2) is 0 Å². The molecule has 53 heavy (non-hydrogen) atoms. The molecule has 0 saturated carbocycles. The minimum atomic E-state index is 0.0443. The second kappa shape index (κ2) is 10.8. The maximum atomic E-state index is 2.62. The van der Waals surface area contributed by atoms with Gasteiger partial charge in [-0.25, -0.2) is 0 Å². The van der Waals surface area contributed by atoms with Crippen LogP contribution < -0.4 is 16.4 Å². The summed E-state index contributed by atoms with van der Waals surface area (Å²) in [5.41, 5.74) is 19.1. The van der Waals surface area contributed by atoms with Gasteiger partial charge in [-0.05, 0) is 67.6 Å². The van der Waals surface area contributed by atoms with E-state index in [0.29, 0.717) is 0 Å². The molecule has 2 aliphatic heterocycles. The smallest absolute Gasteiger partial charge is 0.253 e. The first-order valence-corrected chi connectivity index (χ1v) is 18.5. The third-order valence-electron chi connectivity index (χ3n) is 11.7. The fourth-order valence-electron chi connectivity index (χ4n) is 9.72. The molecule has 10 aromatic rings. The molecule has 4 heterocycles. The largest absolute Gasteiger partial charge is 0.310 e. The van der Waals surface area contributed by atoms with Crippen LogP contribution in [-0.2, 0) is 0 Å². The van der Waals surface area contributed by atoms with Crippen molar-refractivity contribution in [2.75, 3.05) is 0 Å². The zero-order valence-corrected chi connectivity index (χ0v) is 28.9. The van der Waals surface area contributed by atoms with Gasteiger partial charge < -0.3 is 9.13 Å². The predicted octanol–water partition coefficient (Wildman–Crippen LogP) is 10.5. The van der Waals surface area contributed by atoms with E-state index in [1.54, 1.807) is 0 Å². The average molecular weight is 671 g/mol. The quantitative estimate of drug-likeness (QED) is 0.165. The van der Waals surface area contributed by atoms with Crippen LogP contribution in [0.2, 0.25) is 0 Å². The van der Waals surface area contributed by atoms with Crippen LogP contribution in [-0.4, -0.2) is 15.8 Å². The highest BCUT2D eigenvalue weighted by atomic mass is 15.0. The Bertz CT molecular complexity index is 3080. The second-order valence-corrected chi connectivity index (χ2v) is 14.4. The lowest BCUT2D eigenvalue weighted by Gasteiger charge is -2.34. The molecule has 0 amide bonds. The van der Waals surface area contributed by atoms with Gasteiger partial charge in [0.1, 0.15) is 0 Å². The molecule has 2 nitrogen and oxygen atoms in total. The number of rotatable bonds is 4. The van der Waals surface area contributed by atoms with E-state index < -0.39 is 0 Å². The Morgan fingerprint density at radius 1 is 0.340 bits per heavy atom. The third-order valence-corrected chi connectivity index (χ3v) is 11.7. The van der Waals surface area contributed by atoms with E-state index >= 15 is 0 Å². The monoisotopic (exact) mass is 670 g/mol. The van der Waals surface area contributed by atoms with Crippen LogP contribution in [0.5, 0.6) is 0 Å². The molecule has 0 fully saturated rings. The number of hydrogen-bond donors (Lipinski definition) is 0. The summed E-state index contributed by atoms with van der Waals surface area (Å²) in [6.07, 6.45) is 0. The number of aromatic nitrogens is 2. The highest BCUT2D eigenvalue weighted by Crippen LogP contribution is 2.48. The van der Waals surface area contributed by atoms with E-state index in [4.69, 9.17) is 0 Å². The summed E-state index contributed by atoms with van der Waals surface area (Å²) < 4.78 is 5.21. The van der Waals surface area contributed by atoms with E-state index in [9.17, 15) is 0 Å². The third kappa shape index (κ3) is 3.83. The lowest BCUT2D eigenvalue weighted by atomic mass is 9.33.